The summed E-state index contributed by atoms with van der Waals surface area (Å²) in [6, 6.07) is 10.7. The second-order valence-corrected chi connectivity index (χ2v) is 10.7. The van der Waals surface area contributed by atoms with Gasteiger partial charge in [0, 0.05) is 28.8 Å². The van der Waals surface area contributed by atoms with Crippen LogP contribution >= 0.6 is 0 Å². The maximum atomic E-state index is 11.0. The first-order chi connectivity index (χ1) is 16.8. The highest BCUT2D eigenvalue weighted by atomic mass is 17.1. The average molecular weight is 495 g/mol. The molecule has 0 spiro atoms. The van der Waals surface area contributed by atoms with Crippen LogP contribution in [0.4, 0.5) is 5.69 Å². The van der Waals surface area contributed by atoms with Crippen LogP contribution < -0.4 is 10.1 Å². The Morgan fingerprint density at radius 2 is 1.64 bits per heavy atom. The topological polar surface area (TPSA) is 114 Å². The van der Waals surface area contributed by atoms with E-state index in [2.05, 4.69) is 51.7 Å². The van der Waals surface area contributed by atoms with E-state index in [4.69, 9.17) is 19.4 Å². The van der Waals surface area contributed by atoms with Gasteiger partial charge in [-0.05, 0) is 54.2 Å². The number of oxazole rings is 1. The molecule has 0 unspecified atom stereocenters. The normalized spacial score (nSPS) is 11.7. The molecule has 0 aliphatic carbocycles. The minimum Gasteiger partial charge on any atom is -0.507 e. The molecule has 192 valence electrons. The summed E-state index contributed by atoms with van der Waals surface area (Å²) >= 11 is 0. The van der Waals surface area contributed by atoms with Gasteiger partial charge in [0.05, 0.1) is 12.3 Å². The summed E-state index contributed by atoms with van der Waals surface area (Å²) in [7, 11) is 0. The minimum atomic E-state index is -0.432. The van der Waals surface area contributed by atoms with Crippen molar-refractivity contribution < 1.29 is 29.2 Å². The van der Waals surface area contributed by atoms with Crippen LogP contribution in [0.2, 0.25) is 0 Å². The highest BCUT2D eigenvalue weighted by Crippen LogP contribution is 2.42. The molecule has 3 N–H and O–H groups in total. The number of carbonyl (C=O) groups excluding carboxylic acids is 1. The van der Waals surface area contributed by atoms with Crippen LogP contribution in [0.1, 0.15) is 64.1 Å². The van der Waals surface area contributed by atoms with Gasteiger partial charge in [0.15, 0.2) is 5.94 Å². The third-order valence-electron chi connectivity index (χ3n) is 5.77. The van der Waals surface area contributed by atoms with E-state index in [0.717, 1.165) is 22.4 Å². The number of hydrogen-bond acceptors (Lipinski definition) is 8. The zero-order chi connectivity index (χ0) is 26.7. The van der Waals surface area contributed by atoms with Crippen LogP contribution in [-0.4, -0.2) is 27.9 Å². The zero-order valence-electron chi connectivity index (χ0n) is 21.9. The van der Waals surface area contributed by atoms with Crippen molar-refractivity contribution in [3.05, 3.63) is 64.9 Å². The first kappa shape index (κ1) is 26.9. The number of nitrogens with one attached hydrogen (secondary N) is 1. The Bertz CT molecular complexity index is 1220. The molecule has 0 atom stereocenters. The van der Waals surface area contributed by atoms with Gasteiger partial charge < -0.3 is 24.5 Å². The first-order valence-corrected chi connectivity index (χ1v) is 11.7. The molecule has 0 amide bonds. The summed E-state index contributed by atoms with van der Waals surface area (Å²) < 4.78 is 11.9. The fourth-order valence-electron chi connectivity index (χ4n) is 3.78. The lowest BCUT2D eigenvalue weighted by Crippen LogP contribution is -2.17. The maximum Gasteiger partial charge on any atom is 0.319 e. The molecule has 0 bridgehead atoms. The van der Waals surface area contributed by atoms with E-state index in [1.54, 1.807) is 24.3 Å². The molecular formula is C28H34N2O6. The molecule has 3 aromatic rings. The van der Waals surface area contributed by atoms with Crippen LogP contribution in [0.5, 0.6) is 11.5 Å². The molecule has 8 heteroatoms. The standard InChI is InChI=1S/C28H34N2O6/c1-17-23(12-13-34-20-10-8-19(9-11-20)29-24(16-31)36-33)30-26(35-17)18-14-21(27(2,3)4)25(32)22(15-18)28(5,6)7/h8-11,14-15,29,32-33H,12-13H2,1-7H3. The molecule has 0 aliphatic rings. The van der Waals surface area contributed by atoms with Crippen molar-refractivity contribution in [1.29, 1.82) is 0 Å². The summed E-state index contributed by atoms with van der Waals surface area (Å²) in [6.07, 6.45) is 0.544. The lowest BCUT2D eigenvalue weighted by Gasteiger charge is -2.27. The SMILES string of the molecule is Cc1oc(-c2cc(C(C)(C)C)c(O)c(C(C)(C)C)c2)nc1CCOc1ccc(NC(=C=O)OO)cc1. The average Bonchev–Trinajstić information content (AvgIpc) is 3.17. The molecule has 0 saturated heterocycles. The van der Waals surface area contributed by atoms with Crippen LogP contribution in [0, 0.1) is 6.92 Å². The Labute approximate surface area is 211 Å². The predicted molar refractivity (Wildman–Crippen MR) is 138 cm³/mol. The molecule has 1 aromatic heterocycles. The lowest BCUT2D eigenvalue weighted by atomic mass is 9.78. The largest absolute Gasteiger partial charge is 0.507 e. The van der Waals surface area contributed by atoms with Gasteiger partial charge in [-0.2, -0.15) is 0 Å². The van der Waals surface area contributed by atoms with Crippen LogP contribution in [-0.2, 0) is 26.9 Å². The van der Waals surface area contributed by atoms with Crippen molar-refractivity contribution in [1.82, 2.24) is 4.98 Å². The molecule has 1 heterocycles. The summed E-state index contributed by atoms with van der Waals surface area (Å²) in [5.41, 5.74) is 3.36. The number of nitrogens with zero attached hydrogens (tertiary/aromatic N) is 1. The molecular weight excluding hydrogens is 460 g/mol. The number of rotatable bonds is 8. The van der Waals surface area contributed by atoms with Crippen molar-refractivity contribution in [2.24, 2.45) is 0 Å². The minimum absolute atomic E-state index is 0.250. The van der Waals surface area contributed by atoms with Crippen LogP contribution in [0.25, 0.3) is 11.5 Å². The molecule has 36 heavy (non-hydrogen) atoms. The van der Waals surface area contributed by atoms with E-state index in [0.29, 0.717) is 41.9 Å². The summed E-state index contributed by atoms with van der Waals surface area (Å²) in [4.78, 5) is 19.2. The van der Waals surface area contributed by atoms with Gasteiger partial charge in [0.25, 0.3) is 0 Å². The monoisotopic (exact) mass is 494 g/mol. The second kappa shape index (κ2) is 10.5. The van der Waals surface area contributed by atoms with Crippen molar-refractivity contribution in [2.45, 2.75) is 65.7 Å². The van der Waals surface area contributed by atoms with Gasteiger partial charge in [-0.25, -0.2) is 15.0 Å². The summed E-state index contributed by atoms with van der Waals surface area (Å²) in [5, 5.41) is 22.1. The number of aromatic hydroxyl groups is 1. The third-order valence-corrected chi connectivity index (χ3v) is 5.77. The number of aryl methyl sites for hydroxylation is 1. The van der Waals surface area contributed by atoms with Crippen molar-refractivity contribution in [3.8, 4) is 23.0 Å². The number of benzene rings is 2. The van der Waals surface area contributed by atoms with E-state index in [-0.39, 0.29) is 10.8 Å². The Morgan fingerprint density at radius 1 is 1.06 bits per heavy atom. The van der Waals surface area contributed by atoms with E-state index < -0.39 is 5.88 Å². The molecule has 0 fully saturated rings. The quantitative estimate of drug-likeness (QED) is 0.148. The van der Waals surface area contributed by atoms with Crippen LogP contribution in [0.15, 0.2) is 46.7 Å². The van der Waals surface area contributed by atoms with Crippen molar-refractivity contribution in [2.75, 3.05) is 11.9 Å². The van der Waals surface area contributed by atoms with Gasteiger partial charge in [-0.1, -0.05) is 41.5 Å². The number of phenolic OH excluding ortho intramolecular Hbond substituents is 1. The predicted octanol–water partition coefficient (Wildman–Crippen LogP) is 6.15. The van der Waals surface area contributed by atoms with E-state index in [9.17, 15) is 9.90 Å². The third kappa shape index (κ3) is 6.27. The number of ether oxygens (including phenoxy) is 1. The van der Waals surface area contributed by atoms with Gasteiger partial charge in [0.2, 0.25) is 5.89 Å². The molecule has 2 aromatic carbocycles. The molecule has 3 rings (SSSR count). The maximum absolute atomic E-state index is 11.0. The number of aromatic nitrogens is 1. The van der Waals surface area contributed by atoms with Gasteiger partial charge in [-0.15, -0.1) is 0 Å². The van der Waals surface area contributed by atoms with E-state index in [1.807, 2.05) is 19.1 Å². The first-order valence-electron chi connectivity index (χ1n) is 11.7. The van der Waals surface area contributed by atoms with Gasteiger partial charge >= 0.3 is 5.88 Å². The second-order valence-electron chi connectivity index (χ2n) is 10.7. The lowest BCUT2D eigenvalue weighted by molar-refractivity contribution is -0.199. The number of hydrogen-bond donors (Lipinski definition) is 3. The van der Waals surface area contributed by atoms with E-state index >= 15 is 0 Å². The smallest absolute Gasteiger partial charge is 0.319 e. The fourth-order valence-corrected chi connectivity index (χ4v) is 3.78. The Morgan fingerprint density at radius 3 is 2.14 bits per heavy atom. The summed E-state index contributed by atoms with van der Waals surface area (Å²) in [6.45, 7) is 14.7. The number of anilines is 1. The highest BCUT2D eigenvalue weighted by Gasteiger charge is 2.28. The fraction of sp³-hybridized carbons (Fsp3) is 0.393. The molecule has 0 saturated carbocycles. The Balaban J connectivity index is 1.76. The Kier molecular flexibility index (Phi) is 7.82. The molecule has 0 aliphatic heterocycles. The molecule has 8 nitrogen and oxygen atoms in total. The molecule has 0 radical (unpaired) electrons. The number of phenols is 1. The van der Waals surface area contributed by atoms with Gasteiger partial charge in [-0.3, -0.25) is 0 Å². The van der Waals surface area contributed by atoms with Gasteiger partial charge in [0.1, 0.15) is 17.3 Å². The van der Waals surface area contributed by atoms with Crippen molar-refractivity contribution >= 4 is 11.6 Å². The van der Waals surface area contributed by atoms with Crippen LogP contribution in [0.3, 0.4) is 0 Å². The van der Waals surface area contributed by atoms with Crippen molar-refractivity contribution in [3.63, 3.8) is 0 Å². The summed E-state index contributed by atoms with van der Waals surface area (Å²) in [5.74, 6) is 3.18. The zero-order valence-corrected chi connectivity index (χ0v) is 21.9. The Hall–Kier alpha value is -3.74. The van der Waals surface area contributed by atoms with E-state index in [1.165, 1.54) is 5.94 Å². The highest BCUT2D eigenvalue weighted by molar-refractivity contribution is 5.63.